The van der Waals surface area contributed by atoms with Crippen molar-refractivity contribution in [2.75, 3.05) is 6.54 Å². The first kappa shape index (κ1) is 12.3. The highest BCUT2D eigenvalue weighted by molar-refractivity contribution is 5.88. The van der Waals surface area contributed by atoms with Crippen LogP contribution < -0.4 is 10.1 Å². The Bertz CT molecular complexity index is 652. The fraction of sp³-hybridized carbons (Fsp3) is 0.529. The zero-order valence-corrected chi connectivity index (χ0v) is 12.2. The van der Waals surface area contributed by atoms with E-state index in [0.717, 1.165) is 36.8 Å². The lowest BCUT2D eigenvalue weighted by Gasteiger charge is -2.16. The third-order valence-corrected chi connectivity index (χ3v) is 4.26. The van der Waals surface area contributed by atoms with Crippen LogP contribution in [0.2, 0.25) is 0 Å². The van der Waals surface area contributed by atoms with E-state index in [1.54, 1.807) is 0 Å². The molecule has 1 fully saturated rings. The number of fused-ring (bicyclic) bond motifs is 3. The van der Waals surface area contributed by atoms with Crippen molar-refractivity contribution in [1.82, 2.24) is 5.32 Å². The van der Waals surface area contributed by atoms with Gasteiger partial charge in [0.25, 0.3) is 0 Å². The molecule has 106 valence electrons. The van der Waals surface area contributed by atoms with Crippen molar-refractivity contribution in [3.05, 3.63) is 29.5 Å². The highest BCUT2D eigenvalue weighted by Gasteiger charge is 2.32. The molecule has 2 aromatic rings. The monoisotopic (exact) mass is 271 g/mol. The molecule has 1 aromatic carbocycles. The maximum absolute atomic E-state index is 6.06. The van der Waals surface area contributed by atoms with E-state index in [-0.39, 0.29) is 5.60 Å². The van der Waals surface area contributed by atoms with Crippen molar-refractivity contribution < 1.29 is 9.15 Å². The van der Waals surface area contributed by atoms with Crippen LogP contribution in [0.5, 0.6) is 5.75 Å². The Kier molecular flexibility index (Phi) is 2.61. The first-order valence-corrected chi connectivity index (χ1v) is 7.57. The van der Waals surface area contributed by atoms with E-state index in [1.165, 1.54) is 29.4 Å². The molecule has 0 spiro atoms. The minimum absolute atomic E-state index is 0.114. The first-order chi connectivity index (χ1) is 9.62. The summed E-state index contributed by atoms with van der Waals surface area (Å²) in [7, 11) is 0. The van der Waals surface area contributed by atoms with Crippen molar-refractivity contribution in [2.45, 2.75) is 51.2 Å². The molecule has 3 heteroatoms. The quantitative estimate of drug-likeness (QED) is 0.925. The van der Waals surface area contributed by atoms with Crippen molar-refractivity contribution in [3.8, 4) is 5.75 Å². The van der Waals surface area contributed by atoms with Gasteiger partial charge in [0.1, 0.15) is 5.60 Å². The number of rotatable bonds is 4. The summed E-state index contributed by atoms with van der Waals surface area (Å²) in [5, 5.41) is 4.76. The van der Waals surface area contributed by atoms with Gasteiger partial charge in [0.05, 0.1) is 6.26 Å². The van der Waals surface area contributed by atoms with Crippen molar-refractivity contribution in [3.63, 3.8) is 0 Å². The second kappa shape index (κ2) is 4.26. The first-order valence-electron chi connectivity index (χ1n) is 7.57. The van der Waals surface area contributed by atoms with Gasteiger partial charge in [-0.3, -0.25) is 0 Å². The summed E-state index contributed by atoms with van der Waals surface area (Å²) in [5.41, 5.74) is 3.36. The van der Waals surface area contributed by atoms with Crippen LogP contribution in [0.3, 0.4) is 0 Å². The molecule has 1 aliphatic heterocycles. The second-order valence-corrected chi connectivity index (χ2v) is 6.71. The van der Waals surface area contributed by atoms with E-state index in [2.05, 4.69) is 31.3 Å². The third kappa shape index (κ3) is 2.10. The zero-order valence-electron chi connectivity index (χ0n) is 12.2. The van der Waals surface area contributed by atoms with E-state index >= 15 is 0 Å². The van der Waals surface area contributed by atoms with Gasteiger partial charge in [0.2, 0.25) is 0 Å². The number of benzene rings is 1. The Morgan fingerprint density at radius 1 is 1.30 bits per heavy atom. The minimum atomic E-state index is -0.114. The fourth-order valence-electron chi connectivity index (χ4n) is 3.08. The standard InChI is InChI=1S/C17H21NO2/c1-17(2)9-11-3-6-14-12(7-8-18-13-4-5-13)10-19-16(14)15(11)20-17/h3,6,10,13,18H,4-5,7-9H2,1-2H3. The van der Waals surface area contributed by atoms with Crippen LogP contribution in [0.4, 0.5) is 0 Å². The van der Waals surface area contributed by atoms with Crippen molar-refractivity contribution in [1.29, 1.82) is 0 Å². The molecule has 0 bridgehead atoms. The molecular weight excluding hydrogens is 250 g/mol. The van der Waals surface area contributed by atoms with Crippen molar-refractivity contribution >= 4 is 11.0 Å². The number of nitrogens with one attached hydrogen (secondary N) is 1. The maximum Gasteiger partial charge on any atom is 0.176 e. The second-order valence-electron chi connectivity index (χ2n) is 6.71. The maximum atomic E-state index is 6.06. The summed E-state index contributed by atoms with van der Waals surface area (Å²) in [6.07, 6.45) is 6.54. The summed E-state index contributed by atoms with van der Waals surface area (Å²) < 4.78 is 11.9. The van der Waals surface area contributed by atoms with Gasteiger partial charge < -0.3 is 14.5 Å². The largest absolute Gasteiger partial charge is 0.483 e. The Balaban J connectivity index is 1.61. The molecule has 4 rings (SSSR count). The molecule has 0 amide bonds. The molecule has 0 radical (unpaired) electrons. The van der Waals surface area contributed by atoms with E-state index < -0.39 is 0 Å². The van der Waals surface area contributed by atoms with E-state index in [9.17, 15) is 0 Å². The van der Waals surface area contributed by atoms with Crippen LogP contribution in [-0.2, 0) is 12.8 Å². The van der Waals surface area contributed by atoms with Gasteiger partial charge in [-0.05, 0) is 45.2 Å². The Hall–Kier alpha value is -1.48. The molecular formula is C17H21NO2. The van der Waals surface area contributed by atoms with E-state index in [1.807, 2.05) is 6.26 Å². The molecule has 1 N–H and O–H groups in total. The predicted octanol–water partition coefficient (Wildman–Crippen LogP) is 3.44. The average Bonchev–Trinajstić information content (AvgIpc) is 3.02. The van der Waals surface area contributed by atoms with Crippen LogP contribution >= 0.6 is 0 Å². The van der Waals surface area contributed by atoms with Gasteiger partial charge in [-0.1, -0.05) is 12.1 Å². The lowest BCUT2D eigenvalue weighted by molar-refractivity contribution is 0.139. The zero-order chi connectivity index (χ0) is 13.7. The third-order valence-electron chi connectivity index (χ3n) is 4.26. The molecule has 3 nitrogen and oxygen atoms in total. The molecule has 2 aliphatic rings. The Morgan fingerprint density at radius 2 is 2.15 bits per heavy atom. The summed E-state index contributed by atoms with van der Waals surface area (Å²) >= 11 is 0. The number of hydrogen-bond donors (Lipinski definition) is 1. The molecule has 1 aliphatic carbocycles. The summed E-state index contributed by atoms with van der Waals surface area (Å²) in [6, 6.07) is 5.15. The molecule has 1 aromatic heterocycles. The molecule has 2 heterocycles. The summed E-state index contributed by atoms with van der Waals surface area (Å²) in [4.78, 5) is 0. The van der Waals surface area contributed by atoms with Crippen molar-refractivity contribution in [2.24, 2.45) is 0 Å². The molecule has 20 heavy (non-hydrogen) atoms. The SMILES string of the molecule is CC1(C)Cc2ccc3c(CCNC4CC4)coc3c2O1. The lowest BCUT2D eigenvalue weighted by Crippen LogP contribution is -2.24. The van der Waals surface area contributed by atoms with Gasteiger partial charge in [-0.25, -0.2) is 0 Å². The van der Waals surface area contributed by atoms with Crippen LogP contribution in [0.25, 0.3) is 11.0 Å². The molecule has 0 saturated heterocycles. The smallest absolute Gasteiger partial charge is 0.176 e. The van der Waals surface area contributed by atoms with E-state index in [4.69, 9.17) is 9.15 Å². The van der Waals surface area contributed by atoms with Gasteiger partial charge in [-0.15, -0.1) is 0 Å². The summed E-state index contributed by atoms with van der Waals surface area (Å²) in [5.74, 6) is 0.953. The van der Waals surface area contributed by atoms with Gasteiger partial charge in [0, 0.05) is 23.4 Å². The fourth-order valence-corrected chi connectivity index (χ4v) is 3.08. The molecule has 0 unspecified atom stereocenters. The van der Waals surface area contributed by atoms with Gasteiger partial charge in [0.15, 0.2) is 11.3 Å². The normalized spacial score (nSPS) is 20.1. The number of hydrogen-bond acceptors (Lipinski definition) is 3. The number of ether oxygens (including phenoxy) is 1. The molecule has 1 saturated carbocycles. The van der Waals surface area contributed by atoms with E-state index in [0.29, 0.717) is 0 Å². The minimum Gasteiger partial charge on any atom is -0.483 e. The van der Waals surface area contributed by atoms with Gasteiger partial charge >= 0.3 is 0 Å². The topological polar surface area (TPSA) is 34.4 Å². The Labute approximate surface area is 119 Å². The molecule has 0 atom stereocenters. The van der Waals surface area contributed by atoms with Crippen LogP contribution in [0.15, 0.2) is 22.8 Å². The van der Waals surface area contributed by atoms with Crippen LogP contribution in [-0.4, -0.2) is 18.2 Å². The Morgan fingerprint density at radius 3 is 2.95 bits per heavy atom. The number of furan rings is 1. The highest BCUT2D eigenvalue weighted by Crippen LogP contribution is 2.41. The van der Waals surface area contributed by atoms with Crippen LogP contribution in [0.1, 0.15) is 37.8 Å². The lowest BCUT2D eigenvalue weighted by atomic mass is 10.0. The highest BCUT2D eigenvalue weighted by atomic mass is 16.5. The van der Waals surface area contributed by atoms with Gasteiger partial charge in [-0.2, -0.15) is 0 Å². The van der Waals surface area contributed by atoms with Crippen LogP contribution in [0, 0.1) is 0 Å². The summed E-state index contributed by atoms with van der Waals surface area (Å²) in [6.45, 7) is 5.28. The predicted molar refractivity (Wildman–Crippen MR) is 79.4 cm³/mol. The average molecular weight is 271 g/mol.